The average molecular weight is 348 g/mol. The Labute approximate surface area is 149 Å². The standard InChI is InChI=1S/C19H28N2O4/c1-5-25-19(23)21-10-8-20(9-11-21)18(22)13-16-12-15(14(2)3)6-7-17(16)24-4/h6-7,12,14H,5,8-11,13H2,1-4H3. The zero-order valence-electron chi connectivity index (χ0n) is 15.6. The maximum atomic E-state index is 12.7. The molecule has 1 heterocycles. The van der Waals surface area contributed by atoms with Crippen LogP contribution in [0.4, 0.5) is 4.79 Å². The monoisotopic (exact) mass is 348 g/mol. The summed E-state index contributed by atoms with van der Waals surface area (Å²) in [5.41, 5.74) is 2.10. The fourth-order valence-corrected chi connectivity index (χ4v) is 2.92. The van der Waals surface area contributed by atoms with Crippen molar-refractivity contribution in [2.45, 2.75) is 33.1 Å². The maximum Gasteiger partial charge on any atom is 0.409 e. The van der Waals surface area contributed by atoms with E-state index in [0.717, 1.165) is 11.3 Å². The van der Waals surface area contributed by atoms with Crippen molar-refractivity contribution in [2.24, 2.45) is 0 Å². The predicted molar refractivity (Wildman–Crippen MR) is 96.0 cm³/mol. The third-order valence-corrected chi connectivity index (χ3v) is 4.47. The van der Waals surface area contributed by atoms with Gasteiger partial charge in [-0.3, -0.25) is 4.79 Å². The maximum absolute atomic E-state index is 12.7. The van der Waals surface area contributed by atoms with Crippen molar-refractivity contribution in [3.05, 3.63) is 29.3 Å². The van der Waals surface area contributed by atoms with Crippen LogP contribution < -0.4 is 4.74 Å². The van der Waals surface area contributed by atoms with Crippen molar-refractivity contribution >= 4 is 12.0 Å². The van der Waals surface area contributed by atoms with Crippen molar-refractivity contribution in [1.82, 2.24) is 9.80 Å². The Kier molecular flexibility index (Phi) is 6.67. The first kappa shape index (κ1) is 19.1. The van der Waals surface area contributed by atoms with Gasteiger partial charge in [-0.1, -0.05) is 26.0 Å². The molecule has 0 bridgehead atoms. The lowest BCUT2D eigenvalue weighted by Crippen LogP contribution is -2.51. The number of ether oxygens (including phenoxy) is 2. The van der Waals surface area contributed by atoms with E-state index >= 15 is 0 Å². The lowest BCUT2D eigenvalue weighted by atomic mass is 9.98. The van der Waals surface area contributed by atoms with E-state index in [2.05, 4.69) is 19.9 Å². The van der Waals surface area contributed by atoms with E-state index in [1.807, 2.05) is 12.1 Å². The number of hydrogen-bond acceptors (Lipinski definition) is 4. The number of hydrogen-bond donors (Lipinski definition) is 0. The van der Waals surface area contributed by atoms with Gasteiger partial charge in [-0.25, -0.2) is 4.79 Å². The van der Waals surface area contributed by atoms with Gasteiger partial charge >= 0.3 is 6.09 Å². The molecule has 6 nitrogen and oxygen atoms in total. The average Bonchev–Trinajstić information content (AvgIpc) is 2.61. The fourth-order valence-electron chi connectivity index (χ4n) is 2.92. The number of methoxy groups -OCH3 is 1. The first-order valence-corrected chi connectivity index (χ1v) is 8.82. The van der Waals surface area contributed by atoms with E-state index in [-0.39, 0.29) is 12.0 Å². The zero-order valence-corrected chi connectivity index (χ0v) is 15.6. The first-order valence-electron chi connectivity index (χ1n) is 8.82. The summed E-state index contributed by atoms with van der Waals surface area (Å²) in [6.45, 7) is 8.49. The van der Waals surface area contributed by atoms with Gasteiger partial charge in [0, 0.05) is 31.7 Å². The molecule has 0 N–H and O–H groups in total. The minimum atomic E-state index is -0.305. The number of nitrogens with zero attached hydrogens (tertiary/aromatic N) is 2. The molecule has 0 aromatic heterocycles. The van der Waals surface area contributed by atoms with Gasteiger partial charge in [0.05, 0.1) is 20.1 Å². The van der Waals surface area contributed by atoms with Gasteiger partial charge in [0.25, 0.3) is 0 Å². The highest BCUT2D eigenvalue weighted by Crippen LogP contribution is 2.25. The topological polar surface area (TPSA) is 59.1 Å². The molecule has 2 amide bonds. The number of carbonyl (C=O) groups excluding carboxylic acids is 2. The number of benzene rings is 1. The molecule has 6 heteroatoms. The summed E-state index contributed by atoms with van der Waals surface area (Å²) in [5, 5.41) is 0. The van der Waals surface area contributed by atoms with E-state index in [1.165, 1.54) is 5.56 Å². The molecular formula is C19H28N2O4. The second-order valence-corrected chi connectivity index (χ2v) is 6.47. The molecule has 0 unspecified atom stereocenters. The molecule has 1 aromatic rings. The van der Waals surface area contributed by atoms with E-state index in [4.69, 9.17) is 9.47 Å². The molecular weight excluding hydrogens is 320 g/mol. The third-order valence-electron chi connectivity index (χ3n) is 4.47. The van der Waals surface area contributed by atoms with Crippen LogP contribution in [0.5, 0.6) is 5.75 Å². The molecule has 0 radical (unpaired) electrons. The van der Waals surface area contributed by atoms with Crippen LogP contribution in [-0.4, -0.2) is 61.7 Å². The van der Waals surface area contributed by atoms with Gasteiger partial charge in [0.1, 0.15) is 5.75 Å². The largest absolute Gasteiger partial charge is 0.496 e. The van der Waals surface area contributed by atoms with E-state index in [1.54, 1.807) is 23.8 Å². The number of rotatable bonds is 5. The van der Waals surface area contributed by atoms with Gasteiger partial charge in [-0.15, -0.1) is 0 Å². The van der Waals surface area contributed by atoms with Crippen LogP contribution in [0, 0.1) is 0 Å². The molecule has 0 spiro atoms. The van der Waals surface area contributed by atoms with E-state index in [9.17, 15) is 9.59 Å². The molecule has 0 aliphatic carbocycles. The molecule has 1 fully saturated rings. The molecule has 1 aliphatic heterocycles. The third kappa shape index (κ3) is 4.87. The Hall–Kier alpha value is -2.24. The fraction of sp³-hybridized carbons (Fsp3) is 0.579. The van der Waals surface area contributed by atoms with Gasteiger partial charge in [0.15, 0.2) is 0 Å². The minimum Gasteiger partial charge on any atom is -0.496 e. The van der Waals surface area contributed by atoms with Crippen LogP contribution in [0.1, 0.15) is 37.8 Å². The summed E-state index contributed by atoms with van der Waals surface area (Å²) >= 11 is 0. The van der Waals surface area contributed by atoms with E-state index in [0.29, 0.717) is 45.1 Å². The molecule has 0 atom stereocenters. The highest BCUT2D eigenvalue weighted by atomic mass is 16.6. The van der Waals surface area contributed by atoms with Gasteiger partial charge in [-0.2, -0.15) is 0 Å². The molecule has 0 saturated carbocycles. The molecule has 2 rings (SSSR count). The molecule has 25 heavy (non-hydrogen) atoms. The smallest absolute Gasteiger partial charge is 0.409 e. The van der Waals surface area contributed by atoms with Gasteiger partial charge in [-0.05, 0) is 24.5 Å². The van der Waals surface area contributed by atoms with Crippen LogP contribution in [0.2, 0.25) is 0 Å². The lowest BCUT2D eigenvalue weighted by molar-refractivity contribution is -0.132. The summed E-state index contributed by atoms with van der Waals surface area (Å²) in [4.78, 5) is 27.8. The number of carbonyl (C=O) groups is 2. The van der Waals surface area contributed by atoms with Crippen LogP contribution >= 0.6 is 0 Å². The second-order valence-electron chi connectivity index (χ2n) is 6.47. The van der Waals surface area contributed by atoms with Crippen LogP contribution in [0.3, 0.4) is 0 Å². The number of piperazine rings is 1. The molecule has 1 aliphatic rings. The van der Waals surface area contributed by atoms with Crippen molar-refractivity contribution in [3.63, 3.8) is 0 Å². The Morgan fingerprint density at radius 3 is 2.32 bits per heavy atom. The molecule has 1 saturated heterocycles. The highest BCUT2D eigenvalue weighted by Gasteiger charge is 2.25. The normalized spacial score (nSPS) is 14.6. The Morgan fingerprint density at radius 2 is 1.76 bits per heavy atom. The lowest BCUT2D eigenvalue weighted by Gasteiger charge is -2.34. The molecule has 1 aromatic carbocycles. The second kappa shape index (κ2) is 8.74. The predicted octanol–water partition coefficient (Wildman–Crippen LogP) is 2.66. The Balaban J connectivity index is 1.99. The SMILES string of the molecule is CCOC(=O)N1CCN(C(=O)Cc2cc(C(C)C)ccc2OC)CC1. The van der Waals surface area contributed by atoms with Crippen molar-refractivity contribution < 1.29 is 19.1 Å². The van der Waals surface area contributed by atoms with Crippen LogP contribution in [0.15, 0.2) is 18.2 Å². The van der Waals surface area contributed by atoms with Crippen molar-refractivity contribution in [2.75, 3.05) is 39.9 Å². The summed E-state index contributed by atoms with van der Waals surface area (Å²) < 4.78 is 10.4. The van der Waals surface area contributed by atoms with Crippen molar-refractivity contribution in [3.8, 4) is 5.75 Å². The molecule has 138 valence electrons. The quantitative estimate of drug-likeness (QED) is 0.821. The van der Waals surface area contributed by atoms with E-state index < -0.39 is 0 Å². The van der Waals surface area contributed by atoms with Gasteiger partial charge in [0.2, 0.25) is 5.91 Å². The minimum absolute atomic E-state index is 0.0581. The highest BCUT2D eigenvalue weighted by molar-refractivity contribution is 5.80. The zero-order chi connectivity index (χ0) is 18.4. The summed E-state index contributed by atoms with van der Waals surface area (Å²) in [5.74, 6) is 1.19. The van der Waals surface area contributed by atoms with Crippen LogP contribution in [-0.2, 0) is 16.0 Å². The number of amides is 2. The van der Waals surface area contributed by atoms with Crippen LogP contribution in [0.25, 0.3) is 0 Å². The van der Waals surface area contributed by atoms with Gasteiger partial charge < -0.3 is 19.3 Å². The first-order chi connectivity index (χ1) is 12.0. The van der Waals surface area contributed by atoms with Crippen molar-refractivity contribution in [1.29, 1.82) is 0 Å². The summed E-state index contributed by atoms with van der Waals surface area (Å²) in [6.07, 6.45) is 0.00395. The summed E-state index contributed by atoms with van der Waals surface area (Å²) in [6, 6.07) is 6.02. The Morgan fingerprint density at radius 1 is 1.12 bits per heavy atom. The summed E-state index contributed by atoms with van der Waals surface area (Å²) in [7, 11) is 1.62. The Bertz CT molecular complexity index is 607.